The van der Waals surface area contributed by atoms with Crippen LogP contribution in [0.4, 0.5) is 4.39 Å². The molecule has 1 saturated heterocycles. The van der Waals surface area contributed by atoms with Crippen molar-refractivity contribution < 1.29 is 9.18 Å². The van der Waals surface area contributed by atoms with Gasteiger partial charge in [-0.05, 0) is 18.7 Å². The third-order valence-corrected chi connectivity index (χ3v) is 3.44. The molecule has 0 saturated carbocycles. The monoisotopic (exact) mass is 262 g/mol. The van der Waals surface area contributed by atoms with Crippen molar-refractivity contribution in [1.82, 2.24) is 9.80 Å². The fourth-order valence-corrected chi connectivity index (χ4v) is 2.16. The zero-order valence-corrected chi connectivity index (χ0v) is 11.2. The molecule has 1 fully saturated rings. The average molecular weight is 262 g/mol. The van der Waals surface area contributed by atoms with E-state index in [9.17, 15) is 9.18 Å². The van der Waals surface area contributed by atoms with Crippen LogP contribution in [0.1, 0.15) is 12.5 Å². The van der Waals surface area contributed by atoms with E-state index in [4.69, 9.17) is 0 Å². The summed E-state index contributed by atoms with van der Waals surface area (Å²) in [6.07, 6.45) is 3.00. The summed E-state index contributed by atoms with van der Waals surface area (Å²) < 4.78 is 13.4. The van der Waals surface area contributed by atoms with Gasteiger partial charge >= 0.3 is 0 Å². The first-order valence-corrected chi connectivity index (χ1v) is 6.64. The van der Waals surface area contributed by atoms with Gasteiger partial charge in [0, 0.05) is 37.8 Å². The van der Waals surface area contributed by atoms with Gasteiger partial charge in [0.05, 0.1) is 0 Å². The third-order valence-electron chi connectivity index (χ3n) is 3.44. The number of nitrogens with zero attached hydrogens (tertiary/aromatic N) is 2. The molecule has 3 nitrogen and oxygen atoms in total. The second kappa shape index (κ2) is 6.48. The average Bonchev–Trinajstić information content (AvgIpc) is 2.46. The molecule has 4 heteroatoms. The zero-order chi connectivity index (χ0) is 13.7. The molecule has 0 bridgehead atoms. The molecule has 0 atom stereocenters. The summed E-state index contributed by atoms with van der Waals surface area (Å²) in [5.41, 5.74) is 0.447. The number of likely N-dealkylation sites (N-methyl/N-ethyl adjacent to an activating group) is 1. The van der Waals surface area contributed by atoms with Crippen molar-refractivity contribution in [3.8, 4) is 0 Å². The smallest absolute Gasteiger partial charge is 0.246 e. The summed E-state index contributed by atoms with van der Waals surface area (Å²) in [7, 11) is 0. The van der Waals surface area contributed by atoms with E-state index in [1.165, 1.54) is 12.1 Å². The molecule has 102 valence electrons. The molecule has 0 N–H and O–H groups in total. The predicted octanol–water partition coefficient (Wildman–Crippen LogP) is 2.00. The molecule has 1 aliphatic heterocycles. The molecule has 0 unspecified atom stereocenters. The SMILES string of the molecule is CCN1CCN(C(=O)C=Cc2ccccc2F)CC1. The first-order valence-electron chi connectivity index (χ1n) is 6.64. The Hall–Kier alpha value is -1.68. The lowest BCUT2D eigenvalue weighted by molar-refractivity contribution is -0.127. The molecule has 1 amide bonds. The maximum atomic E-state index is 13.4. The Morgan fingerprint density at radius 3 is 2.58 bits per heavy atom. The molecule has 0 radical (unpaired) electrons. The highest BCUT2D eigenvalue weighted by Gasteiger charge is 2.18. The standard InChI is InChI=1S/C15H19FN2O/c1-2-17-9-11-18(12-10-17)15(19)8-7-13-5-3-4-6-14(13)16/h3-8H,2,9-12H2,1H3. The highest BCUT2D eigenvalue weighted by atomic mass is 19.1. The number of amides is 1. The molecule has 2 rings (SSSR count). The van der Waals surface area contributed by atoms with Crippen LogP contribution in [0, 0.1) is 5.82 Å². The van der Waals surface area contributed by atoms with Crippen molar-refractivity contribution in [3.63, 3.8) is 0 Å². The van der Waals surface area contributed by atoms with Gasteiger partial charge < -0.3 is 9.80 Å². The van der Waals surface area contributed by atoms with Gasteiger partial charge in [0.25, 0.3) is 0 Å². The minimum atomic E-state index is -0.303. The van der Waals surface area contributed by atoms with Crippen LogP contribution in [0.3, 0.4) is 0 Å². The van der Waals surface area contributed by atoms with Crippen LogP contribution >= 0.6 is 0 Å². The number of rotatable bonds is 3. The fraction of sp³-hybridized carbons (Fsp3) is 0.400. The van der Waals surface area contributed by atoms with Crippen LogP contribution in [0.25, 0.3) is 6.08 Å². The van der Waals surface area contributed by atoms with Crippen molar-refractivity contribution >= 4 is 12.0 Å². The van der Waals surface area contributed by atoms with E-state index in [0.717, 1.165) is 32.7 Å². The molecule has 1 aromatic rings. The summed E-state index contributed by atoms with van der Waals surface area (Å²) in [6, 6.07) is 6.45. The number of piperazine rings is 1. The molecule has 0 aliphatic carbocycles. The summed E-state index contributed by atoms with van der Waals surface area (Å²) in [4.78, 5) is 16.1. The zero-order valence-electron chi connectivity index (χ0n) is 11.2. The molecule has 0 aromatic heterocycles. The van der Waals surface area contributed by atoms with Gasteiger partial charge in [-0.3, -0.25) is 4.79 Å². The first kappa shape index (κ1) is 13.7. The predicted molar refractivity (Wildman–Crippen MR) is 74.1 cm³/mol. The van der Waals surface area contributed by atoms with Crippen molar-refractivity contribution in [2.24, 2.45) is 0 Å². The van der Waals surface area contributed by atoms with Crippen LogP contribution in [0.2, 0.25) is 0 Å². The van der Waals surface area contributed by atoms with Gasteiger partial charge in [-0.25, -0.2) is 4.39 Å². The second-order valence-electron chi connectivity index (χ2n) is 4.61. The Morgan fingerprint density at radius 2 is 1.95 bits per heavy atom. The minimum Gasteiger partial charge on any atom is -0.337 e. The summed E-state index contributed by atoms with van der Waals surface area (Å²) in [6.45, 7) is 6.46. The molecular weight excluding hydrogens is 243 g/mol. The topological polar surface area (TPSA) is 23.6 Å². The highest BCUT2D eigenvalue weighted by Crippen LogP contribution is 2.09. The van der Waals surface area contributed by atoms with E-state index in [2.05, 4.69) is 11.8 Å². The van der Waals surface area contributed by atoms with Crippen molar-refractivity contribution in [2.75, 3.05) is 32.7 Å². The van der Waals surface area contributed by atoms with Crippen LogP contribution in [-0.2, 0) is 4.79 Å². The van der Waals surface area contributed by atoms with E-state index in [1.54, 1.807) is 24.3 Å². The van der Waals surface area contributed by atoms with Crippen molar-refractivity contribution in [1.29, 1.82) is 0 Å². The Kier molecular flexibility index (Phi) is 4.68. The molecule has 0 spiro atoms. The van der Waals surface area contributed by atoms with E-state index < -0.39 is 0 Å². The van der Waals surface area contributed by atoms with E-state index in [0.29, 0.717) is 5.56 Å². The number of hydrogen-bond acceptors (Lipinski definition) is 2. The molecule has 1 aromatic carbocycles. The van der Waals surface area contributed by atoms with Crippen LogP contribution in [-0.4, -0.2) is 48.4 Å². The maximum Gasteiger partial charge on any atom is 0.246 e. The summed E-state index contributed by atoms with van der Waals surface area (Å²) in [5.74, 6) is -0.346. The normalized spacial score (nSPS) is 17.1. The van der Waals surface area contributed by atoms with Gasteiger partial charge in [0.15, 0.2) is 0 Å². The largest absolute Gasteiger partial charge is 0.337 e. The Balaban J connectivity index is 1.93. The minimum absolute atomic E-state index is 0.0426. The number of halogens is 1. The lowest BCUT2D eigenvalue weighted by Crippen LogP contribution is -2.48. The highest BCUT2D eigenvalue weighted by molar-refractivity contribution is 5.91. The van der Waals surface area contributed by atoms with Gasteiger partial charge in [-0.2, -0.15) is 0 Å². The number of carbonyl (C=O) groups excluding carboxylic acids is 1. The second-order valence-corrected chi connectivity index (χ2v) is 4.61. The lowest BCUT2D eigenvalue weighted by atomic mass is 10.2. The quantitative estimate of drug-likeness (QED) is 0.778. The van der Waals surface area contributed by atoms with Crippen LogP contribution < -0.4 is 0 Å². The van der Waals surface area contributed by atoms with E-state index in [-0.39, 0.29) is 11.7 Å². The lowest BCUT2D eigenvalue weighted by Gasteiger charge is -2.33. The summed E-state index contributed by atoms with van der Waals surface area (Å²) in [5, 5.41) is 0. The van der Waals surface area contributed by atoms with Gasteiger partial charge in [-0.15, -0.1) is 0 Å². The van der Waals surface area contributed by atoms with Gasteiger partial charge in [0.1, 0.15) is 5.82 Å². The van der Waals surface area contributed by atoms with Crippen LogP contribution in [0.15, 0.2) is 30.3 Å². The number of benzene rings is 1. The van der Waals surface area contributed by atoms with Crippen molar-refractivity contribution in [2.45, 2.75) is 6.92 Å². The Bertz CT molecular complexity index is 465. The van der Waals surface area contributed by atoms with Gasteiger partial charge in [0.2, 0.25) is 5.91 Å². The Morgan fingerprint density at radius 1 is 1.26 bits per heavy atom. The van der Waals surface area contributed by atoms with E-state index >= 15 is 0 Å². The first-order chi connectivity index (χ1) is 9.20. The van der Waals surface area contributed by atoms with E-state index in [1.807, 2.05) is 4.90 Å². The molecule has 19 heavy (non-hydrogen) atoms. The fourth-order valence-electron chi connectivity index (χ4n) is 2.16. The Labute approximate surface area is 113 Å². The maximum absolute atomic E-state index is 13.4. The van der Waals surface area contributed by atoms with Crippen LogP contribution in [0.5, 0.6) is 0 Å². The van der Waals surface area contributed by atoms with Crippen molar-refractivity contribution in [3.05, 3.63) is 41.7 Å². The number of carbonyl (C=O) groups is 1. The number of hydrogen-bond donors (Lipinski definition) is 0. The molecular formula is C15H19FN2O. The summed E-state index contributed by atoms with van der Waals surface area (Å²) >= 11 is 0. The molecule has 1 aliphatic rings. The molecule has 1 heterocycles. The third kappa shape index (κ3) is 3.64. The van der Waals surface area contributed by atoms with Gasteiger partial charge in [-0.1, -0.05) is 25.1 Å².